The highest BCUT2D eigenvalue weighted by Gasteiger charge is 2.12. The van der Waals surface area contributed by atoms with Crippen LogP contribution in [0.25, 0.3) is 21.9 Å². The van der Waals surface area contributed by atoms with E-state index in [2.05, 4.69) is 10.5 Å². The van der Waals surface area contributed by atoms with Crippen LogP contribution in [0.2, 0.25) is 0 Å². The van der Waals surface area contributed by atoms with Crippen molar-refractivity contribution in [1.29, 1.82) is 0 Å². The smallest absolute Gasteiger partial charge is 0.142 e. The average Bonchev–Trinajstić information content (AvgIpc) is 3.14. The zero-order chi connectivity index (χ0) is 15.8. The van der Waals surface area contributed by atoms with E-state index in [1.807, 2.05) is 49.4 Å². The zero-order valence-corrected chi connectivity index (χ0v) is 12.9. The lowest BCUT2D eigenvalue weighted by molar-refractivity contribution is 0.391. The van der Waals surface area contributed by atoms with Gasteiger partial charge in [-0.05, 0) is 19.1 Å². The number of benzene rings is 2. The summed E-state index contributed by atoms with van der Waals surface area (Å²) in [5.74, 6) is 1.56. The molecule has 0 aliphatic rings. The Bertz CT molecular complexity index is 984. The van der Waals surface area contributed by atoms with Crippen LogP contribution in [-0.2, 0) is 6.54 Å². The molecule has 0 spiro atoms. The van der Waals surface area contributed by atoms with Crippen molar-refractivity contribution in [3.05, 3.63) is 53.9 Å². The van der Waals surface area contributed by atoms with Gasteiger partial charge in [0, 0.05) is 22.9 Å². The Labute approximate surface area is 132 Å². The van der Waals surface area contributed by atoms with Gasteiger partial charge in [-0.3, -0.25) is 0 Å². The van der Waals surface area contributed by atoms with Gasteiger partial charge >= 0.3 is 0 Å². The fourth-order valence-electron chi connectivity index (χ4n) is 2.75. The highest BCUT2D eigenvalue weighted by Crippen LogP contribution is 2.36. The number of anilines is 1. The molecule has 0 saturated heterocycles. The standard InChI is InChI=1S/C18H16N2O3/c1-11-7-12(20-23-11)10-19-15-9-17-14(8-18(15)21-2)13-5-3-4-6-16(13)22-17/h3-9,19H,10H2,1-2H3. The Balaban J connectivity index is 1.74. The van der Waals surface area contributed by atoms with E-state index in [1.165, 1.54) is 0 Å². The molecule has 0 aliphatic carbocycles. The fraction of sp³-hybridized carbons (Fsp3) is 0.167. The lowest BCUT2D eigenvalue weighted by Crippen LogP contribution is -2.01. The number of hydrogen-bond donors (Lipinski definition) is 1. The maximum Gasteiger partial charge on any atom is 0.142 e. The molecule has 0 radical (unpaired) electrons. The van der Waals surface area contributed by atoms with Crippen LogP contribution in [0.4, 0.5) is 5.69 Å². The van der Waals surface area contributed by atoms with Crippen LogP contribution >= 0.6 is 0 Å². The van der Waals surface area contributed by atoms with Crippen LogP contribution in [0.3, 0.4) is 0 Å². The van der Waals surface area contributed by atoms with Crippen molar-refractivity contribution in [1.82, 2.24) is 5.16 Å². The van der Waals surface area contributed by atoms with E-state index in [0.29, 0.717) is 6.54 Å². The van der Waals surface area contributed by atoms with E-state index in [4.69, 9.17) is 13.7 Å². The average molecular weight is 308 g/mol. The van der Waals surface area contributed by atoms with Gasteiger partial charge in [0.15, 0.2) is 0 Å². The fourth-order valence-corrected chi connectivity index (χ4v) is 2.75. The van der Waals surface area contributed by atoms with Crippen molar-refractivity contribution in [2.24, 2.45) is 0 Å². The first kappa shape index (κ1) is 13.7. The number of nitrogens with one attached hydrogen (secondary N) is 1. The Kier molecular flexibility index (Phi) is 3.19. The Morgan fingerprint density at radius 1 is 1.09 bits per heavy atom. The largest absolute Gasteiger partial charge is 0.495 e. The summed E-state index contributed by atoms with van der Waals surface area (Å²) in [4.78, 5) is 0. The van der Waals surface area contributed by atoms with E-state index in [1.54, 1.807) is 7.11 Å². The number of furan rings is 1. The molecule has 0 saturated carbocycles. The predicted octanol–water partition coefficient (Wildman–Crippen LogP) is 4.50. The molecule has 0 unspecified atom stereocenters. The number of hydrogen-bond acceptors (Lipinski definition) is 5. The minimum Gasteiger partial charge on any atom is -0.495 e. The Morgan fingerprint density at radius 2 is 1.96 bits per heavy atom. The molecule has 2 aromatic carbocycles. The third-order valence-electron chi connectivity index (χ3n) is 3.84. The van der Waals surface area contributed by atoms with E-state index in [-0.39, 0.29) is 0 Å². The molecule has 0 fully saturated rings. The van der Waals surface area contributed by atoms with Gasteiger partial charge in [-0.1, -0.05) is 23.4 Å². The molecule has 0 atom stereocenters. The monoisotopic (exact) mass is 308 g/mol. The van der Waals surface area contributed by atoms with Crippen molar-refractivity contribution in [3.63, 3.8) is 0 Å². The van der Waals surface area contributed by atoms with Crippen LogP contribution < -0.4 is 10.1 Å². The molecule has 5 nitrogen and oxygen atoms in total. The van der Waals surface area contributed by atoms with Crippen molar-refractivity contribution in [2.45, 2.75) is 13.5 Å². The summed E-state index contributed by atoms with van der Waals surface area (Å²) in [6, 6.07) is 13.8. The minimum absolute atomic E-state index is 0.555. The molecule has 116 valence electrons. The highest BCUT2D eigenvalue weighted by atomic mass is 16.5. The number of aromatic nitrogens is 1. The van der Waals surface area contributed by atoms with Gasteiger partial charge in [0.25, 0.3) is 0 Å². The molecule has 4 rings (SSSR count). The summed E-state index contributed by atoms with van der Waals surface area (Å²) in [6.07, 6.45) is 0. The number of fused-ring (bicyclic) bond motifs is 3. The van der Waals surface area contributed by atoms with Crippen molar-refractivity contribution >= 4 is 27.6 Å². The third-order valence-corrected chi connectivity index (χ3v) is 3.84. The second kappa shape index (κ2) is 5.35. The quantitative estimate of drug-likeness (QED) is 0.601. The highest BCUT2D eigenvalue weighted by molar-refractivity contribution is 6.06. The zero-order valence-electron chi connectivity index (χ0n) is 12.9. The molecule has 5 heteroatoms. The van der Waals surface area contributed by atoms with E-state index in [0.717, 1.165) is 44.8 Å². The summed E-state index contributed by atoms with van der Waals surface area (Å²) >= 11 is 0. The molecule has 0 amide bonds. The van der Waals surface area contributed by atoms with Crippen LogP contribution in [0, 0.1) is 6.92 Å². The summed E-state index contributed by atoms with van der Waals surface area (Å²) in [5, 5.41) is 9.43. The first-order valence-corrected chi connectivity index (χ1v) is 7.40. The second-order valence-corrected chi connectivity index (χ2v) is 5.43. The van der Waals surface area contributed by atoms with E-state index < -0.39 is 0 Å². The maximum absolute atomic E-state index is 5.92. The van der Waals surface area contributed by atoms with Crippen LogP contribution in [-0.4, -0.2) is 12.3 Å². The Hall–Kier alpha value is -2.95. The van der Waals surface area contributed by atoms with E-state index in [9.17, 15) is 0 Å². The van der Waals surface area contributed by atoms with Crippen molar-refractivity contribution < 1.29 is 13.7 Å². The van der Waals surface area contributed by atoms with Crippen LogP contribution in [0.5, 0.6) is 5.75 Å². The van der Waals surface area contributed by atoms with Gasteiger partial charge in [-0.25, -0.2) is 0 Å². The molecule has 23 heavy (non-hydrogen) atoms. The van der Waals surface area contributed by atoms with Crippen molar-refractivity contribution in [2.75, 3.05) is 12.4 Å². The predicted molar refractivity (Wildman–Crippen MR) is 88.8 cm³/mol. The third kappa shape index (κ3) is 2.40. The summed E-state index contributed by atoms with van der Waals surface area (Å²) < 4.78 is 16.5. The molecule has 0 aliphatic heterocycles. The number of methoxy groups -OCH3 is 1. The number of para-hydroxylation sites is 1. The lowest BCUT2D eigenvalue weighted by atomic mass is 10.1. The number of nitrogens with zero attached hydrogens (tertiary/aromatic N) is 1. The first-order valence-electron chi connectivity index (χ1n) is 7.40. The van der Waals surface area contributed by atoms with Gasteiger partial charge in [0.1, 0.15) is 28.4 Å². The number of rotatable bonds is 4. The number of ether oxygens (including phenoxy) is 1. The summed E-state index contributed by atoms with van der Waals surface area (Å²) in [7, 11) is 1.66. The van der Waals surface area contributed by atoms with Gasteiger partial charge in [-0.2, -0.15) is 0 Å². The Morgan fingerprint density at radius 3 is 2.74 bits per heavy atom. The van der Waals surface area contributed by atoms with E-state index >= 15 is 0 Å². The topological polar surface area (TPSA) is 60.4 Å². The molecule has 2 aromatic heterocycles. The molecular weight excluding hydrogens is 292 g/mol. The second-order valence-electron chi connectivity index (χ2n) is 5.43. The van der Waals surface area contributed by atoms with Crippen LogP contribution in [0.15, 0.2) is 51.4 Å². The number of aryl methyl sites for hydroxylation is 1. The van der Waals surface area contributed by atoms with Crippen LogP contribution in [0.1, 0.15) is 11.5 Å². The summed E-state index contributed by atoms with van der Waals surface area (Å²) in [5.41, 5.74) is 3.40. The molecular formula is C18H16N2O3. The molecule has 1 N–H and O–H groups in total. The van der Waals surface area contributed by atoms with Gasteiger partial charge < -0.3 is 19.0 Å². The normalized spacial score (nSPS) is 11.2. The van der Waals surface area contributed by atoms with Gasteiger partial charge in [-0.15, -0.1) is 0 Å². The van der Waals surface area contributed by atoms with Gasteiger partial charge in [0.05, 0.1) is 19.3 Å². The van der Waals surface area contributed by atoms with Gasteiger partial charge in [0.2, 0.25) is 0 Å². The summed E-state index contributed by atoms with van der Waals surface area (Å²) in [6.45, 7) is 2.43. The molecule has 0 bridgehead atoms. The molecule has 2 heterocycles. The first-order chi connectivity index (χ1) is 11.2. The molecule has 4 aromatic rings. The van der Waals surface area contributed by atoms with Crippen molar-refractivity contribution in [3.8, 4) is 5.75 Å². The lowest BCUT2D eigenvalue weighted by Gasteiger charge is -2.10. The SMILES string of the molecule is COc1cc2c(cc1NCc1cc(C)on1)oc1ccccc12. The minimum atomic E-state index is 0.555. The maximum atomic E-state index is 5.92.